The van der Waals surface area contributed by atoms with Crippen LogP contribution in [0.5, 0.6) is 0 Å². The zero-order chi connectivity index (χ0) is 20.8. The smallest absolute Gasteiger partial charge is 0.306 e. The molecule has 12 heteroatoms. The molecule has 2 aliphatic heterocycles. The van der Waals surface area contributed by atoms with Crippen molar-refractivity contribution < 1.29 is 48.7 Å². The number of ether oxygens (including phenoxy) is 2. The zero-order valence-electron chi connectivity index (χ0n) is 14.9. The molecule has 0 aliphatic carbocycles. The molecule has 0 saturated carbocycles. The lowest BCUT2D eigenvalue weighted by Gasteiger charge is -2.10. The average Bonchev–Trinajstić information content (AvgIpc) is 3.02. The predicted octanol–water partition coefficient (Wildman–Crippen LogP) is -0.553. The molecule has 2 heterocycles. The Hall–Kier alpha value is -2.86. The minimum absolute atomic E-state index is 0.0128. The molecule has 2 aliphatic rings. The summed E-state index contributed by atoms with van der Waals surface area (Å²) in [6.07, 6.45) is -1.30. The van der Waals surface area contributed by atoms with E-state index in [4.69, 9.17) is 19.9 Å². The average molecular weight is 400 g/mol. The van der Waals surface area contributed by atoms with Gasteiger partial charge >= 0.3 is 11.9 Å². The summed E-state index contributed by atoms with van der Waals surface area (Å²) in [7, 11) is 0. The third kappa shape index (κ3) is 5.33. The molecule has 28 heavy (non-hydrogen) atoms. The summed E-state index contributed by atoms with van der Waals surface area (Å²) in [4.78, 5) is 68.2. The summed E-state index contributed by atoms with van der Waals surface area (Å²) in [6.45, 7) is 0. The summed E-state index contributed by atoms with van der Waals surface area (Å²) >= 11 is 0. The van der Waals surface area contributed by atoms with Gasteiger partial charge in [0.05, 0.1) is 12.8 Å². The fraction of sp³-hybridized carbons (Fsp3) is 0.625. The third-order valence-corrected chi connectivity index (χ3v) is 4.22. The maximum atomic E-state index is 11.6. The van der Waals surface area contributed by atoms with Crippen LogP contribution in [0.15, 0.2) is 0 Å². The van der Waals surface area contributed by atoms with Crippen LogP contribution in [0, 0.1) is 0 Å². The number of esters is 2. The van der Waals surface area contributed by atoms with E-state index in [0.717, 1.165) is 0 Å². The molecule has 154 valence electrons. The van der Waals surface area contributed by atoms with Crippen molar-refractivity contribution in [2.24, 2.45) is 0 Å². The summed E-state index contributed by atoms with van der Waals surface area (Å²) in [6, 6.07) is 0. The Balaban J connectivity index is 1.53. The van der Waals surface area contributed by atoms with Gasteiger partial charge < -0.3 is 9.47 Å². The molecule has 2 rings (SSSR count). The van der Waals surface area contributed by atoms with Crippen LogP contribution in [-0.2, 0) is 38.2 Å². The van der Waals surface area contributed by atoms with Crippen LogP contribution in [-0.4, -0.2) is 68.3 Å². The van der Waals surface area contributed by atoms with E-state index in [9.17, 15) is 28.8 Å². The van der Waals surface area contributed by atoms with Crippen molar-refractivity contribution in [1.29, 1.82) is 0 Å². The monoisotopic (exact) mass is 400 g/mol. The van der Waals surface area contributed by atoms with Crippen LogP contribution in [0.4, 0.5) is 0 Å². The number of unbranched alkanes of at least 4 members (excludes halogenated alkanes) is 3. The van der Waals surface area contributed by atoms with Crippen LogP contribution in [0.3, 0.4) is 0 Å². The normalized spacial score (nSPS) is 22.2. The van der Waals surface area contributed by atoms with E-state index in [2.05, 4.69) is 0 Å². The largest absolute Gasteiger partial charge is 0.452 e. The molecule has 0 aromatic rings. The standard InChI is InChI=1S/C16H20N2O10/c19-11-7-9(15(23)17(11)25)27-13(21)5-3-1-2-4-6-14(22)28-10-8-12(20)18(26)16(10)24/h9-10,25-26H,1-8H2. The Morgan fingerprint density at radius 3 is 1.39 bits per heavy atom. The molecule has 2 fully saturated rings. The molecule has 2 N–H and O–H groups in total. The predicted molar refractivity (Wildman–Crippen MR) is 84.0 cm³/mol. The minimum Gasteiger partial charge on any atom is -0.452 e. The topological polar surface area (TPSA) is 168 Å². The highest BCUT2D eigenvalue weighted by Crippen LogP contribution is 2.17. The van der Waals surface area contributed by atoms with E-state index in [1.807, 2.05) is 0 Å². The van der Waals surface area contributed by atoms with Gasteiger partial charge in [-0.3, -0.25) is 39.2 Å². The summed E-state index contributed by atoms with van der Waals surface area (Å²) in [5.74, 6) is -4.93. The number of amides is 4. The van der Waals surface area contributed by atoms with Gasteiger partial charge in [-0.25, -0.2) is 0 Å². The molecule has 2 atom stereocenters. The van der Waals surface area contributed by atoms with Gasteiger partial charge in [0.15, 0.2) is 12.2 Å². The van der Waals surface area contributed by atoms with Crippen molar-refractivity contribution in [3.05, 3.63) is 0 Å². The van der Waals surface area contributed by atoms with Crippen molar-refractivity contribution in [2.75, 3.05) is 0 Å². The van der Waals surface area contributed by atoms with E-state index in [0.29, 0.717) is 25.7 Å². The number of hydroxylamine groups is 4. The van der Waals surface area contributed by atoms with Crippen LogP contribution in [0.1, 0.15) is 51.4 Å². The molecule has 0 bridgehead atoms. The Morgan fingerprint density at radius 2 is 1.11 bits per heavy atom. The molecule has 0 aromatic heterocycles. The molecule has 0 aromatic carbocycles. The van der Waals surface area contributed by atoms with Crippen LogP contribution >= 0.6 is 0 Å². The van der Waals surface area contributed by atoms with Crippen LogP contribution in [0.2, 0.25) is 0 Å². The number of rotatable bonds is 9. The maximum absolute atomic E-state index is 11.6. The van der Waals surface area contributed by atoms with Gasteiger partial charge in [-0.1, -0.05) is 12.8 Å². The lowest BCUT2D eigenvalue weighted by Crippen LogP contribution is -2.30. The first-order valence-corrected chi connectivity index (χ1v) is 8.71. The van der Waals surface area contributed by atoms with E-state index in [-0.39, 0.29) is 35.8 Å². The van der Waals surface area contributed by atoms with Gasteiger partial charge in [0.25, 0.3) is 23.6 Å². The molecular weight excluding hydrogens is 380 g/mol. The summed E-state index contributed by atoms with van der Waals surface area (Å²) in [5, 5.41) is 18.0. The summed E-state index contributed by atoms with van der Waals surface area (Å²) < 4.78 is 9.68. The number of hydrogen-bond donors (Lipinski definition) is 2. The SMILES string of the molecule is O=C(CCCCCCC(=O)OC1CC(=O)N(O)C1=O)OC1CC(=O)N(O)C1=O. The quantitative estimate of drug-likeness (QED) is 0.222. The second-order valence-corrected chi connectivity index (χ2v) is 6.37. The van der Waals surface area contributed by atoms with E-state index in [1.165, 1.54) is 0 Å². The van der Waals surface area contributed by atoms with E-state index in [1.54, 1.807) is 0 Å². The number of carbonyl (C=O) groups excluding carboxylic acids is 6. The lowest BCUT2D eigenvalue weighted by atomic mass is 10.1. The maximum Gasteiger partial charge on any atom is 0.306 e. The van der Waals surface area contributed by atoms with E-state index >= 15 is 0 Å². The highest BCUT2D eigenvalue weighted by molar-refractivity contribution is 6.04. The Bertz CT molecular complexity index is 633. The zero-order valence-corrected chi connectivity index (χ0v) is 14.9. The van der Waals surface area contributed by atoms with Crippen LogP contribution in [0.25, 0.3) is 0 Å². The number of hydrogen-bond acceptors (Lipinski definition) is 10. The molecule has 2 saturated heterocycles. The van der Waals surface area contributed by atoms with Crippen molar-refractivity contribution in [3.63, 3.8) is 0 Å². The van der Waals surface area contributed by atoms with Gasteiger partial charge in [0.1, 0.15) is 0 Å². The molecule has 0 radical (unpaired) electrons. The summed E-state index contributed by atoms with van der Waals surface area (Å²) in [5.41, 5.74) is 0. The van der Waals surface area contributed by atoms with Crippen LogP contribution < -0.4 is 0 Å². The Morgan fingerprint density at radius 1 is 0.750 bits per heavy atom. The van der Waals surface area contributed by atoms with Crippen molar-refractivity contribution in [3.8, 4) is 0 Å². The fourth-order valence-electron chi connectivity index (χ4n) is 2.69. The molecular formula is C16H20N2O10. The first-order chi connectivity index (χ1) is 13.2. The van der Waals surface area contributed by atoms with Crippen molar-refractivity contribution in [1.82, 2.24) is 10.1 Å². The number of imide groups is 2. The third-order valence-electron chi connectivity index (χ3n) is 4.22. The number of nitrogens with zero attached hydrogens (tertiary/aromatic N) is 2. The Kier molecular flexibility index (Phi) is 7.18. The second kappa shape index (κ2) is 9.37. The molecule has 12 nitrogen and oxygen atoms in total. The fourth-order valence-corrected chi connectivity index (χ4v) is 2.69. The van der Waals surface area contributed by atoms with Gasteiger partial charge in [-0.2, -0.15) is 10.1 Å². The van der Waals surface area contributed by atoms with Crippen molar-refractivity contribution in [2.45, 2.75) is 63.6 Å². The highest BCUT2D eigenvalue weighted by Gasteiger charge is 2.41. The lowest BCUT2D eigenvalue weighted by molar-refractivity contribution is -0.177. The first kappa shape index (κ1) is 21.4. The first-order valence-electron chi connectivity index (χ1n) is 8.71. The molecule has 4 amide bonds. The second-order valence-electron chi connectivity index (χ2n) is 6.37. The van der Waals surface area contributed by atoms with E-state index < -0.39 is 47.8 Å². The highest BCUT2D eigenvalue weighted by atomic mass is 16.6. The minimum atomic E-state index is -1.29. The van der Waals surface area contributed by atoms with Crippen molar-refractivity contribution >= 4 is 35.6 Å². The van der Waals surface area contributed by atoms with Gasteiger partial charge in [-0.15, -0.1) is 0 Å². The number of carbonyl (C=O) groups is 6. The molecule has 0 spiro atoms. The van der Waals surface area contributed by atoms with Gasteiger partial charge in [-0.05, 0) is 12.8 Å². The Labute approximate surface area is 158 Å². The van der Waals surface area contributed by atoms with Gasteiger partial charge in [0, 0.05) is 12.8 Å². The molecule has 2 unspecified atom stereocenters. The van der Waals surface area contributed by atoms with Gasteiger partial charge in [0.2, 0.25) is 0 Å².